The Hall–Kier alpha value is -2.21. The molecule has 0 radical (unpaired) electrons. The predicted molar refractivity (Wildman–Crippen MR) is 82.3 cm³/mol. The molecule has 1 aromatic heterocycles. The second-order valence-electron chi connectivity index (χ2n) is 4.93. The number of nitrogens with one attached hydrogen (secondary N) is 1. The van der Waals surface area contributed by atoms with Gasteiger partial charge < -0.3 is 10.4 Å². The molecule has 1 amide bonds. The SMILES string of the molecule is Cc1cc(C(NC(=O)CCc2cccs2)C(=O)O)ccc1F. The third-order valence-corrected chi connectivity index (χ3v) is 4.18. The van der Waals surface area contributed by atoms with Gasteiger partial charge in [0.25, 0.3) is 0 Å². The molecule has 0 spiro atoms. The highest BCUT2D eigenvalue weighted by molar-refractivity contribution is 7.09. The van der Waals surface area contributed by atoms with Crippen LogP contribution in [0.1, 0.15) is 28.5 Å². The summed E-state index contributed by atoms with van der Waals surface area (Å²) < 4.78 is 13.3. The summed E-state index contributed by atoms with van der Waals surface area (Å²) in [6.45, 7) is 1.55. The van der Waals surface area contributed by atoms with Crippen molar-refractivity contribution in [1.29, 1.82) is 0 Å². The van der Waals surface area contributed by atoms with Crippen LogP contribution in [0, 0.1) is 12.7 Å². The van der Waals surface area contributed by atoms with Gasteiger partial charge in [-0.3, -0.25) is 4.79 Å². The molecule has 0 aliphatic heterocycles. The third-order valence-electron chi connectivity index (χ3n) is 3.25. The lowest BCUT2D eigenvalue weighted by Gasteiger charge is -2.15. The smallest absolute Gasteiger partial charge is 0.330 e. The summed E-state index contributed by atoms with van der Waals surface area (Å²) in [6, 6.07) is 6.68. The highest BCUT2D eigenvalue weighted by Crippen LogP contribution is 2.18. The Morgan fingerprint density at radius 2 is 2.14 bits per heavy atom. The molecule has 0 aliphatic rings. The fourth-order valence-corrected chi connectivity index (χ4v) is 2.77. The number of carboxylic acids is 1. The summed E-state index contributed by atoms with van der Waals surface area (Å²) in [5.41, 5.74) is 0.701. The normalized spacial score (nSPS) is 11.9. The molecule has 1 heterocycles. The van der Waals surface area contributed by atoms with E-state index in [0.29, 0.717) is 17.5 Å². The summed E-state index contributed by atoms with van der Waals surface area (Å²) in [7, 11) is 0. The van der Waals surface area contributed by atoms with Crippen molar-refractivity contribution in [3.8, 4) is 0 Å². The Kier molecular flexibility index (Phi) is 5.27. The van der Waals surface area contributed by atoms with E-state index in [4.69, 9.17) is 0 Å². The molecule has 2 rings (SSSR count). The third kappa shape index (κ3) is 4.14. The lowest BCUT2D eigenvalue weighted by Crippen LogP contribution is -2.33. The van der Waals surface area contributed by atoms with Crippen LogP contribution in [0.25, 0.3) is 0 Å². The van der Waals surface area contributed by atoms with Gasteiger partial charge in [-0.1, -0.05) is 18.2 Å². The molecule has 22 heavy (non-hydrogen) atoms. The number of amides is 1. The van der Waals surface area contributed by atoms with Crippen LogP contribution in [0.4, 0.5) is 4.39 Å². The zero-order chi connectivity index (χ0) is 16.1. The molecule has 116 valence electrons. The minimum absolute atomic E-state index is 0.213. The fourth-order valence-electron chi connectivity index (χ4n) is 2.06. The van der Waals surface area contributed by atoms with Crippen LogP contribution < -0.4 is 5.32 Å². The molecule has 1 aromatic carbocycles. The van der Waals surface area contributed by atoms with E-state index in [2.05, 4.69) is 5.32 Å². The first-order valence-electron chi connectivity index (χ1n) is 6.78. The molecule has 0 bridgehead atoms. The van der Waals surface area contributed by atoms with Crippen molar-refractivity contribution < 1.29 is 19.1 Å². The summed E-state index contributed by atoms with van der Waals surface area (Å²) in [5.74, 6) is -1.92. The molecule has 0 aliphatic carbocycles. The van der Waals surface area contributed by atoms with Gasteiger partial charge in [-0.05, 0) is 42.0 Å². The molecule has 2 aromatic rings. The van der Waals surface area contributed by atoms with Gasteiger partial charge in [0.1, 0.15) is 5.82 Å². The lowest BCUT2D eigenvalue weighted by atomic mass is 10.0. The Balaban J connectivity index is 2.03. The minimum Gasteiger partial charge on any atom is -0.479 e. The number of hydrogen-bond acceptors (Lipinski definition) is 3. The molecule has 4 nitrogen and oxygen atoms in total. The Labute approximate surface area is 131 Å². The monoisotopic (exact) mass is 321 g/mol. The number of thiophene rings is 1. The van der Waals surface area contributed by atoms with E-state index >= 15 is 0 Å². The van der Waals surface area contributed by atoms with Gasteiger partial charge in [0.15, 0.2) is 6.04 Å². The van der Waals surface area contributed by atoms with Crippen molar-refractivity contribution in [2.24, 2.45) is 0 Å². The van der Waals surface area contributed by atoms with Crippen molar-refractivity contribution in [3.05, 3.63) is 57.5 Å². The molecule has 6 heteroatoms. The molecule has 1 unspecified atom stereocenters. The minimum atomic E-state index is -1.17. The molecule has 0 saturated heterocycles. The van der Waals surface area contributed by atoms with Crippen molar-refractivity contribution >= 4 is 23.2 Å². The van der Waals surface area contributed by atoms with Crippen molar-refractivity contribution in [2.75, 3.05) is 0 Å². The topological polar surface area (TPSA) is 66.4 Å². The maximum Gasteiger partial charge on any atom is 0.330 e. The zero-order valence-electron chi connectivity index (χ0n) is 12.0. The summed E-state index contributed by atoms with van der Waals surface area (Å²) >= 11 is 1.55. The van der Waals surface area contributed by atoms with E-state index in [1.165, 1.54) is 18.2 Å². The second kappa shape index (κ2) is 7.17. The predicted octanol–water partition coefficient (Wildman–Crippen LogP) is 3.07. The highest BCUT2D eigenvalue weighted by Gasteiger charge is 2.22. The Morgan fingerprint density at radius 1 is 1.36 bits per heavy atom. The van der Waals surface area contributed by atoms with E-state index in [-0.39, 0.29) is 12.3 Å². The van der Waals surface area contributed by atoms with Crippen LogP contribution in [0.3, 0.4) is 0 Å². The standard InChI is InChI=1S/C16H16FNO3S/c1-10-9-11(4-6-13(10)17)15(16(20)21)18-14(19)7-5-12-3-2-8-22-12/h2-4,6,8-9,15H,5,7H2,1H3,(H,18,19)(H,20,21). The average molecular weight is 321 g/mol. The first-order valence-corrected chi connectivity index (χ1v) is 7.66. The summed E-state index contributed by atoms with van der Waals surface area (Å²) in [6.07, 6.45) is 0.781. The largest absolute Gasteiger partial charge is 0.479 e. The number of aryl methyl sites for hydroxylation is 2. The van der Waals surface area contributed by atoms with Gasteiger partial charge in [-0.15, -0.1) is 11.3 Å². The van der Waals surface area contributed by atoms with E-state index in [1.54, 1.807) is 18.3 Å². The molecule has 0 saturated carbocycles. The molecular formula is C16H16FNO3S. The van der Waals surface area contributed by atoms with Gasteiger partial charge >= 0.3 is 5.97 Å². The van der Waals surface area contributed by atoms with E-state index < -0.39 is 17.8 Å². The number of hydrogen-bond donors (Lipinski definition) is 2. The Morgan fingerprint density at radius 3 is 2.73 bits per heavy atom. The lowest BCUT2D eigenvalue weighted by molar-refractivity contribution is -0.142. The summed E-state index contributed by atoms with van der Waals surface area (Å²) in [4.78, 5) is 24.4. The number of halogens is 1. The maximum atomic E-state index is 13.3. The highest BCUT2D eigenvalue weighted by atomic mass is 32.1. The number of carbonyl (C=O) groups excluding carboxylic acids is 1. The van der Waals surface area contributed by atoms with Gasteiger partial charge in [0.2, 0.25) is 5.91 Å². The van der Waals surface area contributed by atoms with Crippen LogP contribution in [0.15, 0.2) is 35.7 Å². The van der Waals surface area contributed by atoms with Gasteiger partial charge in [0.05, 0.1) is 0 Å². The number of benzene rings is 1. The number of carboxylic acid groups (broad SMARTS) is 1. The molecular weight excluding hydrogens is 305 g/mol. The van der Waals surface area contributed by atoms with E-state index in [9.17, 15) is 19.1 Å². The van der Waals surface area contributed by atoms with Crippen LogP contribution in [-0.4, -0.2) is 17.0 Å². The van der Waals surface area contributed by atoms with E-state index in [1.807, 2.05) is 17.5 Å². The quantitative estimate of drug-likeness (QED) is 0.859. The number of rotatable bonds is 6. The summed E-state index contributed by atoms with van der Waals surface area (Å²) in [5, 5.41) is 13.7. The van der Waals surface area contributed by atoms with Crippen molar-refractivity contribution in [1.82, 2.24) is 5.32 Å². The average Bonchev–Trinajstić information content (AvgIpc) is 2.98. The zero-order valence-corrected chi connectivity index (χ0v) is 12.8. The Bertz CT molecular complexity index is 670. The van der Waals surface area contributed by atoms with Gasteiger partial charge in [-0.2, -0.15) is 0 Å². The first-order chi connectivity index (χ1) is 10.5. The van der Waals surface area contributed by atoms with Crippen molar-refractivity contribution in [3.63, 3.8) is 0 Å². The van der Waals surface area contributed by atoms with Crippen LogP contribution >= 0.6 is 11.3 Å². The van der Waals surface area contributed by atoms with Crippen LogP contribution in [0.5, 0.6) is 0 Å². The van der Waals surface area contributed by atoms with Gasteiger partial charge in [0, 0.05) is 11.3 Å². The molecule has 0 fully saturated rings. The molecule has 1 atom stereocenters. The van der Waals surface area contributed by atoms with Crippen LogP contribution in [0.2, 0.25) is 0 Å². The van der Waals surface area contributed by atoms with Gasteiger partial charge in [-0.25, -0.2) is 9.18 Å². The number of carbonyl (C=O) groups is 2. The molecule has 2 N–H and O–H groups in total. The van der Waals surface area contributed by atoms with Crippen molar-refractivity contribution in [2.45, 2.75) is 25.8 Å². The maximum absolute atomic E-state index is 13.3. The van der Waals surface area contributed by atoms with Crippen LogP contribution in [-0.2, 0) is 16.0 Å². The number of aliphatic carboxylic acids is 1. The second-order valence-corrected chi connectivity index (χ2v) is 5.96. The van der Waals surface area contributed by atoms with E-state index in [0.717, 1.165) is 4.88 Å². The fraction of sp³-hybridized carbons (Fsp3) is 0.250. The first kappa shape index (κ1) is 16.2.